The third-order valence-electron chi connectivity index (χ3n) is 5.04. The molecular weight excluding hydrogens is 400 g/mol. The average molecular weight is 433 g/mol. The lowest BCUT2D eigenvalue weighted by atomic mass is 10.0. The number of fused-ring (bicyclic) bond motifs is 2. The highest BCUT2D eigenvalue weighted by atomic mass is 16.5. The van der Waals surface area contributed by atoms with Gasteiger partial charge in [-0.05, 0) is 83.9 Å². The Kier molecular flexibility index (Phi) is 7.57. The van der Waals surface area contributed by atoms with Crippen molar-refractivity contribution in [3.8, 4) is 11.5 Å². The summed E-state index contributed by atoms with van der Waals surface area (Å²) in [5, 5.41) is 0.958. The molecule has 2 aromatic carbocycles. The van der Waals surface area contributed by atoms with Gasteiger partial charge in [0.05, 0.1) is 5.39 Å². The van der Waals surface area contributed by atoms with Crippen molar-refractivity contribution in [3.63, 3.8) is 0 Å². The summed E-state index contributed by atoms with van der Waals surface area (Å²) in [5.41, 5.74) is 5.34. The molecule has 0 atom stereocenters. The molecule has 4 heteroatoms. The van der Waals surface area contributed by atoms with Gasteiger partial charge in [0.25, 0.3) is 0 Å². The summed E-state index contributed by atoms with van der Waals surface area (Å²) < 4.78 is 18.2. The van der Waals surface area contributed by atoms with E-state index in [9.17, 15) is 4.79 Å². The first-order valence-corrected chi connectivity index (χ1v) is 10.9. The fourth-order valence-corrected chi connectivity index (χ4v) is 3.30. The van der Waals surface area contributed by atoms with Gasteiger partial charge >= 0.3 is 0 Å². The molecule has 0 saturated carbocycles. The van der Waals surface area contributed by atoms with Crippen molar-refractivity contribution in [2.45, 2.75) is 48.0 Å². The van der Waals surface area contributed by atoms with Crippen molar-refractivity contribution in [2.75, 3.05) is 13.2 Å². The normalized spacial score (nSPS) is 10.7. The molecule has 1 heterocycles. The molecular formula is C28H32O4. The van der Waals surface area contributed by atoms with E-state index < -0.39 is 0 Å². The molecule has 0 bridgehead atoms. The van der Waals surface area contributed by atoms with E-state index in [2.05, 4.69) is 19.9 Å². The zero-order valence-corrected chi connectivity index (χ0v) is 19.9. The van der Waals surface area contributed by atoms with Crippen LogP contribution in [0.2, 0.25) is 0 Å². The van der Waals surface area contributed by atoms with E-state index in [1.165, 1.54) is 11.1 Å². The van der Waals surface area contributed by atoms with Crippen LogP contribution >= 0.6 is 0 Å². The number of hydrogen-bond donors (Lipinski definition) is 0. The number of para-hydroxylation sites is 1. The van der Waals surface area contributed by atoms with Crippen molar-refractivity contribution in [2.24, 2.45) is 0 Å². The number of rotatable bonds is 8. The van der Waals surface area contributed by atoms with E-state index >= 15 is 0 Å². The average Bonchev–Trinajstić information content (AvgIpc) is 2.72. The molecule has 0 spiro atoms. The summed E-state index contributed by atoms with van der Waals surface area (Å²) in [6.07, 6.45) is 6.81. The second kappa shape index (κ2) is 10.4. The van der Waals surface area contributed by atoms with Crippen molar-refractivity contribution >= 4 is 21.9 Å². The second-order valence-corrected chi connectivity index (χ2v) is 8.66. The molecule has 168 valence electrons. The molecule has 0 radical (unpaired) electrons. The standard InChI is InChI=1S/C28H32O4/c1-18(2)10-11-21-12-13-23-25(27(21)31-17-15-20(5)6)26(29)22-8-7-9-24(28(22)32-23)30-16-14-19(3)4/h7-10,12-15H,11,16-17H2,1-6H3. The Balaban J connectivity index is 2.20. The Labute approximate surface area is 189 Å². The molecule has 0 amide bonds. The van der Waals surface area contributed by atoms with E-state index in [4.69, 9.17) is 13.9 Å². The number of benzene rings is 2. The molecule has 0 saturated heterocycles. The molecule has 3 rings (SSSR count). The molecule has 0 aliphatic rings. The van der Waals surface area contributed by atoms with E-state index in [1.807, 2.05) is 64.1 Å². The minimum absolute atomic E-state index is 0.111. The Morgan fingerprint density at radius 3 is 2.16 bits per heavy atom. The van der Waals surface area contributed by atoms with Crippen LogP contribution in [-0.4, -0.2) is 13.2 Å². The predicted molar refractivity (Wildman–Crippen MR) is 133 cm³/mol. The summed E-state index contributed by atoms with van der Waals surface area (Å²) in [5.74, 6) is 1.14. The van der Waals surface area contributed by atoms with Gasteiger partial charge in [-0.1, -0.05) is 34.9 Å². The molecule has 4 nitrogen and oxygen atoms in total. The summed E-state index contributed by atoms with van der Waals surface area (Å²) in [6, 6.07) is 9.24. The maximum Gasteiger partial charge on any atom is 0.204 e. The van der Waals surface area contributed by atoms with E-state index in [-0.39, 0.29) is 5.43 Å². The van der Waals surface area contributed by atoms with Gasteiger partial charge in [-0.3, -0.25) is 4.79 Å². The van der Waals surface area contributed by atoms with Crippen LogP contribution in [0.4, 0.5) is 0 Å². The van der Waals surface area contributed by atoms with Crippen LogP contribution in [0.3, 0.4) is 0 Å². The summed E-state index contributed by atoms with van der Waals surface area (Å²) in [6.45, 7) is 13.0. The minimum Gasteiger partial charge on any atom is -0.488 e. The maximum atomic E-state index is 13.6. The van der Waals surface area contributed by atoms with E-state index in [1.54, 1.807) is 6.07 Å². The van der Waals surface area contributed by atoms with Crippen molar-refractivity contribution in [1.29, 1.82) is 0 Å². The Morgan fingerprint density at radius 1 is 0.844 bits per heavy atom. The molecule has 0 unspecified atom stereocenters. The molecule has 0 aliphatic carbocycles. The minimum atomic E-state index is -0.111. The molecule has 32 heavy (non-hydrogen) atoms. The first-order valence-electron chi connectivity index (χ1n) is 10.9. The monoisotopic (exact) mass is 432 g/mol. The van der Waals surface area contributed by atoms with Crippen LogP contribution in [0, 0.1) is 0 Å². The zero-order valence-electron chi connectivity index (χ0n) is 19.9. The van der Waals surface area contributed by atoms with Gasteiger partial charge in [0.15, 0.2) is 11.3 Å². The fourth-order valence-electron chi connectivity index (χ4n) is 3.30. The summed E-state index contributed by atoms with van der Waals surface area (Å²) >= 11 is 0. The molecule has 1 aromatic heterocycles. The van der Waals surface area contributed by atoms with Crippen LogP contribution < -0.4 is 14.9 Å². The zero-order chi connectivity index (χ0) is 23.3. The van der Waals surface area contributed by atoms with Gasteiger partial charge in [0.1, 0.15) is 29.9 Å². The highest BCUT2D eigenvalue weighted by Gasteiger charge is 2.18. The van der Waals surface area contributed by atoms with Crippen LogP contribution in [0.5, 0.6) is 11.5 Å². The largest absolute Gasteiger partial charge is 0.488 e. The topological polar surface area (TPSA) is 48.7 Å². The van der Waals surface area contributed by atoms with Crippen LogP contribution in [0.1, 0.15) is 47.1 Å². The molecule has 0 fully saturated rings. The van der Waals surface area contributed by atoms with Gasteiger partial charge in [-0.15, -0.1) is 0 Å². The van der Waals surface area contributed by atoms with Crippen molar-refractivity contribution in [3.05, 3.63) is 81.1 Å². The number of ether oxygens (including phenoxy) is 2. The third-order valence-corrected chi connectivity index (χ3v) is 5.04. The maximum absolute atomic E-state index is 13.6. The first kappa shape index (κ1) is 23.4. The van der Waals surface area contributed by atoms with Gasteiger partial charge < -0.3 is 13.9 Å². The Bertz CT molecular complexity index is 1260. The second-order valence-electron chi connectivity index (χ2n) is 8.66. The lowest BCUT2D eigenvalue weighted by molar-refractivity contribution is 0.359. The molecule has 0 aliphatic heterocycles. The van der Waals surface area contributed by atoms with Gasteiger partial charge in [-0.2, -0.15) is 0 Å². The lowest BCUT2D eigenvalue weighted by Gasteiger charge is -2.14. The lowest BCUT2D eigenvalue weighted by Crippen LogP contribution is -2.08. The number of allylic oxidation sites excluding steroid dienone is 4. The number of hydrogen-bond acceptors (Lipinski definition) is 4. The SMILES string of the molecule is CC(C)=CCOc1cccc2c(=O)c3c(OCC=C(C)C)c(CC=C(C)C)ccc3oc12. The van der Waals surface area contributed by atoms with Gasteiger partial charge in [0, 0.05) is 0 Å². The van der Waals surface area contributed by atoms with E-state index in [0.717, 1.165) is 11.1 Å². The van der Waals surface area contributed by atoms with Gasteiger partial charge in [0.2, 0.25) is 5.43 Å². The molecule has 0 N–H and O–H groups in total. The van der Waals surface area contributed by atoms with Gasteiger partial charge in [-0.25, -0.2) is 0 Å². The summed E-state index contributed by atoms with van der Waals surface area (Å²) in [7, 11) is 0. The first-order chi connectivity index (χ1) is 15.3. The molecule has 3 aromatic rings. The highest BCUT2D eigenvalue weighted by Crippen LogP contribution is 2.33. The Morgan fingerprint density at radius 2 is 1.50 bits per heavy atom. The third kappa shape index (κ3) is 5.50. The quantitative estimate of drug-likeness (QED) is 0.280. The Hall–Kier alpha value is -3.27. The highest BCUT2D eigenvalue weighted by molar-refractivity contribution is 5.96. The van der Waals surface area contributed by atoms with Crippen molar-refractivity contribution < 1.29 is 13.9 Å². The van der Waals surface area contributed by atoms with Crippen LogP contribution in [-0.2, 0) is 6.42 Å². The smallest absolute Gasteiger partial charge is 0.204 e. The summed E-state index contributed by atoms with van der Waals surface area (Å²) in [4.78, 5) is 13.6. The van der Waals surface area contributed by atoms with Crippen LogP contribution in [0.25, 0.3) is 21.9 Å². The fraction of sp³-hybridized carbons (Fsp3) is 0.321. The van der Waals surface area contributed by atoms with Crippen LogP contribution in [0.15, 0.2) is 74.5 Å². The van der Waals surface area contributed by atoms with E-state index in [0.29, 0.717) is 53.1 Å². The van der Waals surface area contributed by atoms with Crippen molar-refractivity contribution in [1.82, 2.24) is 0 Å². The predicted octanol–water partition coefficient (Wildman–Crippen LogP) is 7.14.